The average molecular weight is 397 g/mol. The van der Waals surface area contributed by atoms with Gasteiger partial charge in [-0.05, 0) is 52.4 Å². The van der Waals surface area contributed by atoms with Crippen molar-refractivity contribution in [1.29, 1.82) is 0 Å². The molecule has 0 rings (SSSR count). The van der Waals surface area contributed by atoms with Gasteiger partial charge in [0.2, 0.25) is 0 Å². The van der Waals surface area contributed by atoms with Crippen molar-refractivity contribution in [3.05, 3.63) is 12.2 Å². The summed E-state index contributed by atoms with van der Waals surface area (Å²) >= 11 is 0. The molecule has 0 aromatic rings. The van der Waals surface area contributed by atoms with Crippen molar-refractivity contribution in [1.82, 2.24) is 0 Å². The van der Waals surface area contributed by atoms with E-state index in [-0.39, 0.29) is 23.3 Å². The molecule has 4 heteroatoms. The first-order valence-electron chi connectivity index (χ1n) is 8.68. The zero-order valence-corrected chi connectivity index (χ0v) is 17.9. The normalized spacial score (nSPS) is 12.1. The van der Waals surface area contributed by atoms with E-state index < -0.39 is 7.26 Å². The quantitative estimate of drug-likeness (QED) is 0.194. The van der Waals surface area contributed by atoms with Crippen LogP contribution < -0.4 is 17.0 Å². The van der Waals surface area contributed by atoms with E-state index in [4.69, 9.17) is 9.47 Å². The molecule has 0 radical (unpaired) electrons. The van der Waals surface area contributed by atoms with Crippen molar-refractivity contribution in [2.45, 2.75) is 65.1 Å². The molecule has 134 valence electrons. The fourth-order valence-electron chi connectivity index (χ4n) is 2.26. The van der Waals surface area contributed by atoms with Crippen molar-refractivity contribution >= 4 is 7.26 Å². The van der Waals surface area contributed by atoms with Crippen LogP contribution in [0.3, 0.4) is 0 Å². The van der Waals surface area contributed by atoms with Crippen LogP contribution in [0, 0.1) is 0 Å². The summed E-state index contributed by atoms with van der Waals surface area (Å²) in [7, 11) is -0.565. The molecule has 0 unspecified atom stereocenters. The Bertz CT molecular complexity index is 246. The Morgan fingerprint density at radius 1 is 0.818 bits per heavy atom. The summed E-state index contributed by atoms with van der Waals surface area (Å²) in [5, 5.41) is 0. The predicted molar refractivity (Wildman–Crippen MR) is 98.1 cm³/mol. The van der Waals surface area contributed by atoms with Gasteiger partial charge in [0.25, 0.3) is 0 Å². The fourth-order valence-corrected chi connectivity index (χ4v) is 3.39. The Hall–Kier alpha value is 0.570. The molecule has 0 spiro atoms. The minimum atomic E-state index is -0.565. The van der Waals surface area contributed by atoms with Crippen molar-refractivity contribution in [3.63, 3.8) is 0 Å². The third-order valence-corrected chi connectivity index (χ3v) is 5.04. The minimum absolute atomic E-state index is 0. The number of rotatable bonds is 14. The molecule has 2 nitrogen and oxygen atoms in total. The first-order chi connectivity index (χ1) is 9.99. The highest BCUT2D eigenvalue weighted by atomic mass is 79.9. The molecule has 22 heavy (non-hydrogen) atoms. The third-order valence-electron chi connectivity index (χ3n) is 3.38. The Labute approximate surface area is 150 Å². The van der Waals surface area contributed by atoms with Crippen LogP contribution in [0.2, 0.25) is 0 Å². The first kappa shape index (κ1) is 24.8. The molecule has 0 aliphatic rings. The Kier molecular flexibility index (Phi) is 18.5. The molecule has 0 bridgehead atoms. The van der Waals surface area contributed by atoms with E-state index in [0.717, 1.165) is 19.6 Å². The number of halogens is 1. The van der Waals surface area contributed by atoms with Crippen molar-refractivity contribution in [2.24, 2.45) is 0 Å². The van der Waals surface area contributed by atoms with E-state index in [1.165, 1.54) is 44.7 Å². The van der Waals surface area contributed by atoms with Crippen LogP contribution in [0.4, 0.5) is 0 Å². The lowest BCUT2D eigenvalue weighted by atomic mass is 10.1. The minimum Gasteiger partial charge on any atom is -1.00 e. The van der Waals surface area contributed by atoms with Crippen molar-refractivity contribution < 1.29 is 26.5 Å². The van der Waals surface area contributed by atoms with Gasteiger partial charge in [0.05, 0.1) is 6.16 Å². The summed E-state index contributed by atoms with van der Waals surface area (Å²) in [5.41, 5.74) is 0. The van der Waals surface area contributed by atoms with Crippen LogP contribution in [-0.4, -0.2) is 45.7 Å². The van der Waals surface area contributed by atoms with Gasteiger partial charge < -0.3 is 26.5 Å². The van der Waals surface area contributed by atoms with Crippen LogP contribution in [0.15, 0.2) is 12.2 Å². The van der Waals surface area contributed by atoms with Gasteiger partial charge in [-0.15, -0.1) is 0 Å². The SMILES string of the molecule is CCOC(CCCCC/C=C/CCC[P+](C)(C)C)OCC.[Br-]. The van der Waals surface area contributed by atoms with E-state index in [1.807, 2.05) is 13.8 Å². The highest BCUT2D eigenvalue weighted by Gasteiger charge is 2.14. The van der Waals surface area contributed by atoms with E-state index >= 15 is 0 Å². The Balaban J connectivity index is 0. The van der Waals surface area contributed by atoms with Gasteiger partial charge in [-0.25, -0.2) is 0 Å². The zero-order chi connectivity index (χ0) is 16.0. The van der Waals surface area contributed by atoms with E-state index in [1.54, 1.807) is 0 Å². The summed E-state index contributed by atoms with van der Waals surface area (Å²) < 4.78 is 11.1. The molecule has 0 atom stereocenters. The molecule has 0 saturated heterocycles. The lowest BCUT2D eigenvalue weighted by Gasteiger charge is -2.16. The van der Waals surface area contributed by atoms with E-state index in [2.05, 4.69) is 32.1 Å². The smallest absolute Gasteiger partial charge is 0.157 e. The molecular formula is C18H38BrO2P. The number of hydrogen-bond donors (Lipinski definition) is 0. The van der Waals surface area contributed by atoms with E-state index in [0.29, 0.717) is 0 Å². The lowest BCUT2D eigenvalue weighted by molar-refractivity contribution is -0.140. The largest absolute Gasteiger partial charge is 1.00 e. The third kappa shape index (κ3) is 18.6. The number of unbranched alkanes of at least 4 members (excludes halogenated alkanes) is 4. The fraction of sp³-hybridized carbons (Fsp3) is 0.889. The van der Waals surface area contributed by atoms with Crippen molar-refractivity contribution in [2.75, 3.05) is 39.4 Å². The molecule has 0 amide bonds. The van der Waals surface area contributed by atoms with Gasteiger partial charge >= 0.3 is 0 Å². The Morgan fingerprint density at radius 2 is 1.36 bits per heavy atom. The van der Waals surface area contributed by atoms with Gasteiger partial charge in [0, 0.05) is 40.5 Å². The second-order valence-electron chi connectivity index (χ2n) is 6.61. The summed E-state index contributed by atoms with van der Waals surface area (Å²) in [6, 6.07) is 0. The molecule has 0 heterocycles. The highest BCUT2D eigenvalue weighted by Crippen LogP contribution is 2.47. The molecule has 0 saturated carbocycles. The summed E-state index contributed by atoms with van der Waals surface area (Å²) in [4.78, 5) is 0. The van der Waals surface area contributed by atoms with Gasteiger partial charge in [0.15, 0.2) is 6.29 Å². The first-order valence-corrected chi connectivity index (χ1v) is 12.0. The van der Waals surface area contributed by atoms with Gasteiger partial charge in [-0.1, -0.05) is 18.6 Å². The van der Waals surface area contributed by atoms with Gasteiger partial charge in [-0.2, -0.15) is 0 Å². The lowest BCUT2D eigenvalue weighted by Crippen LogP contribution is -3.00. The monoisotopic (exact) mass is 396 g/mol. The summed E-state index contributed by atoms with van der Waals surface area (Å²) in [6.07, 6.45) is 14.8. The van der Waals surface area contributed by atoms with Crippen LogP contribution in [0.25, 0.3) is 0 Å². The van der Waals surface area contributed by atoms with Crippen LogP contribution in [-0.2, 0) is 9.47 Å². The standard InChI is InChI=1S/C18H38O2P.BrH/c1-6-19-18(20-7-2)16-14-12-10-8-9-11-13-15-17-21(3,4)5;/h9,11,18H,6-8,10,12-17H2,1-5H3;1H/q+1;/p-1/b11-9+;. The number of ether oxygens (including phenoxy) is 2. The number of hydrogen-bond acceptors (Lipinski definition) is 2. The zero-order valence-electron chi connectivity index (χ0n) is 15.4. The molecular weight excluding hydrogens is 359 g/mol. The summed E-state index contributed by atoms with van der Waals surface area (Å²) in [6.45, 7) is 12.8. The molecule has 0 aliphatic heterocycles. The maximum absolute atomic E-state index is 5.55. The topological polar surface area (TPSA) is 18.5 Å². The van der Waals surface area contributed by atoms with Gasteiger partial charge in [0.1, 0.15) is 0 Å². The van der Waals surface area contributed by atoms with Crippen LogP contribution in [0.5, 0.6) is 0 Å². The van der Waals surface area contributed by atoms with Crippen LogP contribution >= 0.6 is 7.26 Å². The van der Waals surface area contributed by atoms with Gasteiger partial charge in [-0.3, -0.25) is 0 Å². The molecule has 0 aromatic carbocycles. The van der Waals surface area contributed by atoms with E-state index in [9.17, 15) is 0 Å². The van der Waals surface area contributed by atoms with Crippen molar-refractivity contribution in [3.8, 4) is 0 Å². The second-order valence-corrected chi connectivity index (χ2v) is 11.6. The average Bonchev–Trinajstić information content (AvgIpc) is 2.40. The molecule has 0 aromatic heterocycles. The summed E-state index contributed by atoms with van der Waals surface area (Å²) in [5.74, 6) is 0. The molecule has 0 fully saturated rings. The maximum atomic E-state index is 5.55. The molecule has 0 N–H and O–H groups in total. The molecule has 0 aliphatic carbocycles. The highest BCUT2D eigenvalue weighted by molar-refractivity contribution is 7.73. The van der Waals surface area contributed by atoms with Crippen LogP contribution in [0.1, 0.15) is 58.8 Å². The predicted octanol–water partition coefficient (Wildman–Crippen LogP) is 2.58. The Morgan fingerprint density at radius 3 is 1.86 bits per heavy atom. The maximum Gasteiger partial charge on any atom is 0.157 e. The number of allylic oxidation sites excluding steroid dienone is 2. The second kappa shape index (κ2) is 16.4.